The Morgan fingerprint density at radius 3 is 2.50 bits per heavy atom. The van der Waals surface area contributed by atoms with Crippen LogP contribution in [0.1, 0.15) is 12.8 Å². The number of hydrogen-bond donors (Lipinski definition) is 1. The lowest BCUT2D eigenvalue weighted by molar-refractivity contribution is 0.260. The first-order valence-electron chi connectivity index (χ1n) is 9.64. The van der Waals surface area contributed by atoms with Crippen LogP contribution in [0.2, 0.25) is 0 Å². The molecule has 26 heavy (non-hydrogen) atoms. The fourth-order valence-electron chi connectivity index (χ4n) is 3.83. The maximum Gasteiger partial charge on any atom is 0.193 e. The molecule has 1 unspecified atom stereocenters. The zero-order valence-electron chi connectivity index (χ0n) is 16.6. The first-order chi connectivity index (χ1) is 12.6. The summed E-state index contributed by atoms with van der Waals surface area (Å²) in [7, 11) is 7.98. The molecule has 1 N–H and O–H groups in total. The van der Waals surface area contributed by atoms with E-state index in [1.807, 2.05) is 19.2 Å². The van der Waals surface area contributed by atoms with Crippen molar-refractivity contribution in [1.82, 2.24) is 15.1 Å². The van der Waals surface area contributed by atoms with Gasteiger partial charge in [0.25, 0.3) is 0 Å². The fraction of sp³-hybridized carbons (Fsp3) is 0.650. The minimum Gasteiger partial charge on any atom is -0.495 e. The van der Waals surface area contributed by atoms with Gasteiger partial charge >= 0.3 is 0 Å². The maximum atomic E-state index is 5.51. The SMILES string of the molecule is CN=C(NCC(C1CC1)N(C)C)N1CCN(c2ccccc2OC)CC1. The molecule has 1 heterocycles. The molecule has 0 radical (unpaired) electrons. The summed E-state index contributed by atoms with van der Waals surface area (Å²) in [4.78, 5) is 11.6. The minimum absolute atomic E-state index is 0.599. The smallest absolute Gasteiger partial charge is 0.193 e. The second kappa shape index (κ2) is 8.62. The van der Waals surface area contributed by atoms with Gasteiger partial charge < -0.3 is 24.8 Å². The predicted octanol–water partition coefficient (Wildman–Crippen LogP) is 1.73. The molecule has 0 spiro atoms. The van der Waals surface area contributed by atoms with Crippen molar-refractivity contribution >= 4 is 11.6 Å². The largest absolute Gasteiger partial charge is 0.495 e. The first kappa shape index (κ1) is 18.8. The molecule has 3 rings (SSSR count). The first-order valence-corrected chi connectivity index (χ1v) is 9.64. The number of hydrogen-bond acceptors (Lipinski definition) is 4. The van der Waals surface area contributed by atoms with Crippen LogP contribution in [0.5, 0.6) is 5.75 Å². The molecular formula is C20H33N5O. The third kappa shape index (κ3) is 4.41. The Bertz CT molecular complexity index is 604. The second-order valence-electron chi connectivity index (χ2n) is 7.44. The van der Waals surface area contributed by atoms with Crippen LogP contribution in [0, 0.1) is 5.92 Å². The summed E-state index contributed by atoms with van der Waals surface area (Å²) in [6, 6.07) is 8.86. The van der Waals surface area contributed by atoms with Gasteiger partial charge in [-0.05, 0) is 45.0 Å². The number of nitrogens with zero attached hydrogens (tertiary/aromatic N) is 4. The number of rotatable bonds is 6. The number of aliphatic imine (C=N–C) groups is 1. The molecule has 1 aliphatic heterocycles. The zero-order chi connectivity index (χ0) is 18.5. The van der Waals surface area contributed by atoms with E-state index in [2.05, 4.69) is 51.2 Å². The average Bonchev–Trinajstić information content (AvgIpc) is 3.50. The minimum atomic E-state index is 0.599. The third-order valence-corrected chi connectivity index (χ3v) is 5.52. The Hall–Kier alpha value is -1.95. The van der Waals surface area contributed by atoms with Crippen LogP contribution in [0.25, 0.3) is 0 Å². The number of guanidine groups is 1. The van der Waals surface area contributed by atoms with Gasteiger partial charge in [-0.15, -0.1) is 0 Å². The lowest BCUT2D eigenvalue weighted by atomic mass is 10.1. The molecule has 0 amide bonds. The molecule has 1 saturated carbocycles. The van der Waals surface area contributed by atoms with Crippen LogP contribution in [0.4, 0.5) is 5.69 Å². The van der Waals surface area contributed by atoms with Gasteiger partial charge in [-0.25, -0.2) is 0 Å². The van der Waals surface area contributed by atoms with E-state index in [1.54, 1.807) is 7.11 Å². The summed E-state index contributed by atoms with van der Waals surface area (Å²) in [6.07, 6.45) is 2.72. The molecule has 2 aliphatic rings. The summed E-state index contributed by atoms with van der Waals surface area (Å²) in [5.41, 5.74) is 1.18. The van der Waals surface area contributed by atoms with Crippen LogP contribution < -0.4 is 15.0 Å². The van der Waals surface area contributed by atoms with E-state index in [1.165, 1.54) is 18.5 Å². The molecule has 2 fully saturated rings. The molecule has 1 saturated heterocycles. The van der Waals surface area contributed by atoms with Crippen molar-refractivity contribution in [2.24, 2.45) is 10.9 Å². The number of ether oxygens (including phenoxy) is 1. The van der Waals surface area contributed by atoms with Gasteiger partial charge in [-0.3, -0.25) is 4.99 Å². The molecule has 144 valence electrons. The van der Waals surface area contributed by atoms with Crippen molar-refractivity contribution in [1.29, 1.82) is 0 Å². The van der Waals surface area contributed by atoms with Crippen molar-refractivity contribution < 1.29 is 4.74 Å². The summed E-state index contributed by atoms with van der Waals surface area (Å²) < 4.78 is 5.51. The Morgan fingerprint density at radius 1 is 1.23 bits per heavy atom. The van der Waals surface area contributed by atoms with Gasteiger partial charge in [0.05, 0.1) is 12.8 Å². The van der Waals surface area contributed by atoms with E-state index in [0.717, 1.165) is 50.4 Å². The van der Waals surface area contributed by atoms with Gasteiger partial charge in [0.2, 0.25) is 0 Å². The summed E-state index contributed by atoms with van der Waals surface area (Å²) >= 11 is 0. The highest BCUT2D eigenvalue weighted by atomic mass is 16.5. The molecule has 1 aromatic rings. The number of anilines is 1. The molecule has 6 nitrogen and oxygen atoms in total. The maximum absolute atomic E-state index is 5.51. The van der Waals surface area contributed by atoms with Crippen LogP contribution >= 0.6 is 0 Å². The Morgan fingerprint density at radius 2 is 1.92 bits per heavy atom. The quantitative estimate of drug-likeness (QED) is 0.619. The standard InChI is InChI=1S/C20H33N5O/c1-21-20(22-15-18(23(2)3)16-9-10-16)25-13-11-24(12-14-25)17-7-5-6-8-19(17)26-4/h5-8,16,18H,9-15H2,1-4H3,(H,21,22). The normalized spacial score (nSPS) is 19.7. The van der Waals surface area contributed by atoms with Crippen LogP contribution in [0.15, 0.2) is 29.3 Å². The van der Waals surface area contributed by atoms with E-state index in [4.69, 9.17) is 4.74 Å². The lowest BCUT2D eigenvalue weighted by Crippen LogP contribution is -2.54. The number of nitrogens with one attached hydrogen (secondary N) is 1. The monoisotopic (exact) mass is 359 g/mol. The number of benzene rings is 1. The molecule has 1 aliphatic carbocycles. The fourth-order valence-corrected chi connectivity index (χ4v) is 3.83. The summed E-state index contributed by atoms with van der Waals surface area (Å²) in [5, 5.41) is 3.61. The second-order valence-corrected chi connectivity index (χ2v) is 7.44. The number of methoxy groups -OCH3 is 1. The summed E-state index contributed by atoms with van der Waals surface area (Å²) in [5.74, 6) is 2.82. The van der Waals surface area contributed by atoms with Crippen molar-refractivity contribution in [2.45, 2.75) is 18.9 Å². The summed E-state index contributed by atoms with van der Waals surface area (Å²) in [6.45, 7) is 4.85. The molecule has 1 atom stereocenters. The van der Waals surface area contributed by atoms with Crippen LogP contribution in [0.3, 0.4) is 0 Å². The Balaban J connectivity index is 1.54. The topological polar surface area (TPSA) is 43.3 Å². The third-order valence-electron chi connectivity index (χ3n) is 5.52. The molecule has 1 aromatic carbocycles. The van der Waals surface area contributed by atoms with Gasteiger partial charge in [0.1, 0.15) is 5.75 Å². The number of para-hydroxylation sites is 2. The lowest BCUT2D eigenvalue weighted by Gasteiger charge is -2.38. The highest BCUT2D eigenvalue weighted by molar-refractivity contribution is 5.80. The van der Waals surface area contributed by atoms with E-state index in [-0.39, 0.29) is 0 Å². The molecule has 0 bridgehead atoms. The van der Waals surface area contributed by atoms with E-state index in [9.17, 15) is 0 Å². The van der Waals surface area contributed by atoms with E-state index in [0.29, 0.717) is 6.04 Å². The van der Waals surface area contributed by atoms with Gasteiger partial charge in [0, 0.05) is 45.8 Å². The van der Waals surface area contributed by atoms with E-state index >= 15 is 0 Å². The van der Waals surface area contributed by atoms with Crippen molar-refractivity contribution in [2.75, 3.05) is 65.9 Å². The van der Waals surface area contributed by atoms with E-state index < -0.39 is 0 Å². The molecule has 0 aromatic heterocycles. The Kier molecular flexibility index (Phi) is 6.25. The number of piperazine rings is 1. The van der Waals surface area contributed by atoms with Crippen molar-refractivity contribution in [3.63, 3.8) is 0 Å². The zero-order valence-corrected chi connectivity index (χ0v) is 16.6. The highest BCUT2D eigenvalue weighted by Crippen LogP contribution is 2.34. The van der Waals surface area contributed by atoms with Crippen molar-refractivity contribution in [3.05, 3.63) is 24.3 Å². The molecule has 6 heteroatoms. The van der Waals surface area contributed by atoms with Gasteiger partial charge in [-0.2, -0.15) is 0 Å². The van der Waals surface area contributed by atoms with Crippen molar-refractivity contribution in [3.8, 4) is 5.75 Å². The average molecular weight is 360 g/mol. The highest BCUT2D eigenvalue weighted by Gasteiger charge is 2.33. The van der Waals surface area contributed by atoms with Crippen LogP contribution in [-0.4, -0.2) is 82.8 Å². The Labute approximate surface area is 157 Å². The number of likely N-dealkylation sites (N-methyl/N-ethyl adjacent to an activating group) is 1. The van der Waals surface area contributed by atoms with Gasteiger partial charge in [-0.1, -0.05) is 12.1 Å². The van der Waals surface area contributed by atoms with Crippen LogP contribution in [-0.2, 0) is 0 Å². The predicted molar refractivity (Wildman–Crippen MR) is 108 cm³/mol. The van der Waals surface area contributed by atoms with Gasteiger partial charge in [0.15, 0.2) is 5.96 Å². The molecular weight excluding hydrogens is 326 g/mol.